The highest BCUT2D eigenvalue weighted by molar-refractivity contribution is 5.79. The fraction of sp³-hybridized carbons (Fsp3) is 0.923. The fourth-order valence-electron chi connectivity index (χ4n) is 1.94. The molecule has 0 aromatic heterocycles. The van der Waals surface area contributed by atoms with Gasteiger partial charge in [0, 0.05) is 12.6 Å². The Kier molecular flexibility index (Phi) is 5.92. The first kappa shape index (κ1) is 14.5. The lowest BCUT2D eigenvalue weighted by molar-refractivity contribution is -0.120. The summed E-state index contributed by atoms with van der Waals surface area (Å²) in [5.74, 6) is 0.497. The van der Waals surface area contributed by atoms with Gasteiger partial charge in [0.2, 0.25) is 5.91 Å². The second-order valence-electron chi connectivity index (χ2n) is 5.46. The normalized spacial score (nSPS) is 19.3. The van der Waals surface area contributed by atoms with E-state index in [1.165, 1.54) is 19.3 Å². The van der Waals surface area contributed by atoms with Crippen LogP contribution in [0.3, 0.4) is 0 Å². The van der Waals surface area contributed by atoms with Crippen LogP contribution in [0.25, 0.3) is 0 Å². The number of nitrogens with two attached hydrogens (primary N) is 1. The molecule has 1 rings (SSSR count). The van der Waals surface area contributed by atoms with Crippen molar-refractivity contribution in [2.24, 2.45) is 11.7 Å². The van der Waals surface area contributed by atoms with Crippen LogP contribution in [0.1, 0.15) is 39.5 Å². The van der Waals surface area contributed by atoms with Gasteiger partial charge in [0.25, 0.3) is 0 Å². The third-order valence-corrected chi connectivity index (χ3v) is 3.48. The van der Waals surface area contributed by atoms with Crippen LogP contribution >= 0.6 is 0 Å². The first-order chi connectivity index (χ1) is 8.02. The van der Waals surface area contributed by atoms with Gasteiger partial charge in [-0.2, -0.15) is 0 Å². The molecule has 1 saturated carbocycles. The van der Waals surface area contributed by atoms with Gasteiger partial charge in [-0.3, -0.25) is 4.79 Å². The maximum absolute atomic E-state index is 11.3. The Bertz CT molecular complexity index is 241. The van der Waals surface area contributed by atoms with Gasteiger partial charge in [-0.05, 0) is 38.8 Å². The van der Waals surface area contributed by atoms with Crippen molar-refractivity contribution >= 4 is 5.91 Å². The molecule has 1 fully saturated rings. The van der Waals surface area contributed by atoms with Crippen molar-refractivity contribution in [3.63, 3.8) is 0 Å². The van der Waals surface area contributed by atoms with Gasteiger partial charge >= 0.3 is 0 Å². The van der Waals surface area contributed by atoms with E-state index in [0.29, 0.717) is 12.0 Å². The summed E-state index contributed by atoms with van der Waals surface area (Å²) in [5, 5.41) is 3.31. The van der Waals surface area contributed by atoms with E-state index < -0.39 is 0 Å². The molecule has 1 amide bonds. The predicted molar refractivity (Wildman–Crippen MR) is 70.7 cm³/mol. The molecule has 0 radical (unpaired) electrons. The molecule has 17 heavy (non-hydrogen) atoms. The number of rotatable bonds is 9. The first-order valence-electron chi connectivity index (χ1n) is 6.76. The van der Waals surface area contributed by atoms with Crippen molar-refractivity contribution in [1.29, 1.82) is 0 Å². The topological polar surface area (TPSA) is 58.4 Å². The molecular weight excluding hydrogens is 214 g/mol. The predicted octanol–water partition coefficient (Wildman–Crippen LogP) is 0.960. The molecule has 0 saturated heterocycles. The van der Waals surface area contributed by atoms with E-state index in [9.17, 15) is 4.79 Å². The maximum atomic E-state index is 11.3. The minimum Gasteiger partial charge on any atom is -0.368 e. The summed E-state index contributed by atoms with van der Waals surface area (Å²) in [6.07, 6.45) is 4.39. The van der Waals surface area contributed by atoms with Crippen LogP contribution < -0.4 is 11.1 Å². The number of hydrogen-bond acceptors (Lipinski definition) is 3. The molecule has 1 aliphatic rings. The van der Waals surface area contributed by atoms with Gasteiger partial charge in [-0.1, -0.05) is 20.3 Å². The van der Waals surface area contributed by atoms with Crippen molar-refractivity contribution in [3.05, 3.63) is 0 Å². The Balaban J connectivity index is 2.22. The van der Waals surface area contributed by atoms with Crippen molar-refractivity contribution < 1.29 is 4.79 Å². The smallest absolute Gasteiger partial charge is 0.234 e. The Morgan fingerprint density at radius 1 is 1.53 bits per heavy atom. The lowest BCUT2D eigenvalue weighted by Crippen LogP contribution is -2.44. The minimum atomic E-state index is -0.214. The number of primary amides is 1. The Morgan fingerprint density at radius 2 is 2.18 bits per heavy atom. The first-order valence-corrected chi connectivity index (χ1v) is 6.76. The fourth-order valence-corrected chi connectivity index (χ4v) is 1.94. The molecule has 2 unspecified atom stereocenters. The number of nitrogens with zero attached hydrogens (tertiary/aromatic N) is 1. The number of nitrogens with one attached hydrogen (secondary N) is 1. The van der Waals surface area contributed by atoms with Gasteiger partial charge in [0.1, 0.15) is 0 Å². The molecular formula is C13H27N3O. The number of amides is 1. The molecule has 4 nitrogen and oxygen atoms in total. The molecule has 0 heterocycles. The molecule has 2 atom stereocenters. The average Bonchev–Trinajstić information content (AvgIpc) is 3.07. The lowest BCUT2D eigenvalue weighted by Gasteiger charge is -2.23. The van der Waals surface area contributed by atoms with Gasteiger partial charge in [0.05, 0.1) is 6.04 Å². The molecule has 0 aromatic rings. The summed E-state index contributed by atoms with van der Waals surface area (Å²) in [7, 11) is 2.11. The molecule has 100 valence electrons. The van der Waals surface area contributed by atoms with Crippen LogP contribution in [-0.4, -0.2) is 43.0 Å². The van der Waals surface area contributed by atoms with Crippen LogP contribution in [0, 0.1) is 5.92 Å². The van der Waals surface area contributed by atoms with Crippen molar-refractivity contribution in [2.75, 3.05) is 20.1 Å². The van der Waals surface area contributed by atoms with E-state index in [0.717, 1.165) is 19.5 Å². The molecule has 4 heteroatoms. The molecule has 0 aliphatic heterocycles. The average molecular weight is 241 g/mol. The van der Waals surface area contributed by atoms with E-state index in [4.69, 9.17) is 5.73 Å². The van der Waals surface area contributed by atoms with Crippen molar-refractivity contribution in [3.8, 4) is 0 Å². The van der Waals surface area contributed by atoms with Gasteiger partial charge < -0.3 is 16.0 Å². The summed E-state index contributed by atoms with van der Waals surface area (Å²) in [6.45, 7) is 6.48. The summed E-state index contributed by atoms with van der Waals surface area (Å²) in [6, 6.07) is 0.384. The summed E-state index contributed by atoms with van der Waals surface area (Å²) < 4.78 is 0. The molecule has 0 aromatic carbocycles. The Morgan fingerprint density at radius 3 is 2.65 bits per heavy atom. The largest absolute Gasteiger partial charge is 0.368 e. The van der Waals surface area contributed by atoms with E-state index >= 15 is 0 Å². The van der Waals surface area contributed by atoms with Crippen LogP contribution in [0.4, 0.5) is 0 Å². The van der Waals surface area contributed by atoms with Crippen LogP contribution in [0.15, 0.2) is 0 Å². The highest BCUT2D eigenvalue weighted by Crippen LogP contribution is 2.20. The van der Waals surface area contributed by atoms with E-state index in [1.807, 2.05) is 0 Å². The zero-order valence-corrected chi connectivity index (χ0v) is 11.4. The van der Waals surface area contributed by atoms with E-state index in [2.05, 4.69) is 31.1 Å². The Labute approximate surface area is 105 Å². The van der Waals surface area contributed by atoms with Gasteiger partial charge in [0.15, 0.2) is 0 Å². The molecule has 0 bridgehead atoms. The third-order valence-electron chi connectivity index (χ3n) is 3.48. The maximum Gasteiger partial charge on any atom is 0.234 e. The van der Waals surface area contributed by atoms with E-state index in [-0.39, 0.29) is 11.9 Å². The van der Waals surface area contributed by atoms with Gasteiger partial charge in [-0.25, -0.2) is 0 Å². The van der Waals surface area contributed by atoms with Crippen molar-refractivity contribution in [2.45, 2.75) is 51.6 Å². The third kappa shape index (κ3) is 6.03. The number of carbonyl (C=O) groups excluding carboxylic acids is 1. The molecule has 3 N–H and O–H groups in total. The minimum absolute atomic E-state index is 0.151. The summed E-state index contributed by atoms with van der Waals surface area (Å²) in [4.78, 5) is 13.6. The zero-order chi connectivity index (χ0) is 12.8. The Hall–Kier alpha value is -0.610. The molecule has 0 spiro atoms. The second kappa shape index (κ2) is 6.97. The number of hydrogen-bond donors (Lipinski definition) is 2. The van der Waals surface area contributed by atoms with Crippen LogP contribution in [0.2, 0.25) is 0 Å². The van der Waals surface area contributed by atoms with Crippen LogP contribution in [0.5, 0.6) is 0 Å². The standard InChI is InChI=1S/C13H27N3O/c1-4-10(2)9-16(3)8-7-12(13(14)17)15-11-5-6-11/h10-12,15H,4-9H2,1-3H3,(H2,14,17). The lowest BCUT2D eigenvalue weighted by atomic mass is 10.1. The quantitative estimate of drug-likeness (QED) is 0.632. The summed E-state index contributed by atoms with van der Waals surface area (Å²) >= 11 is 0. The molecule has 1 aliphatic carbocycles. The van der Waals surface area contributed by atoms with E-state index in [1.54, 1.807) is 0 Å². The second-order valence-corrected chi connectivity index (χ2v) is 5.46. The number of carbonyl (C=O) groups is 1. The monoisotopic (exact) mass is 241 g/mol. The highest BCUT2D eigenvalue weighted by atomic mass is 16.1. The summed E-state index contributed by atoms with van der Waals surface area (Å²) in [5.41, 5.74) is 5.41. The van der Waals surface area contributed by atoms with Gasteiger partial charge in [-0.15, -0.1) is 0 Å². The van der Waals surface area contributed by atoms with Crippen LogP contribution in [-0.2, 0) is 4.79 Å². The SMILES string of the molecule is CCC(C)CN(C)CCC(NC1CC1)C(N)=O. The van der Waals surface area contributed by atoms with Crippen molar-refractivity contribution in [1.82, 2.24) is 10.2 Å². The highest BCUT2D eigenvalue weighted by Gasteiger charge is 2.27. The zero-order valence-electron chi connectivity index (χ0n) is 11.4.